The monoisotopic (exact) mass is 195 g/mol. The second-order valence-corrected chi connectivity index (χ2v) is 3.46. The lowest BCUT2D eigenvalue weighted by atomic mass is 10.1. The molecule has 1 rings (SSSR count). The van der Waals surface area contributed by atoms with Crippen LogP contribution in [0.5, 0.6) is 0 Å². The molecule has 1 aromatic rings. The topological polar surface area (TPSA) is 52.5 Å². The fourth-order valence-corrected chi connectivity index (χ4v) is 1.26. The normalized spacial score (nSPS) is 12.8. The number of aliphatic hydroxyl groups excluding tert-OH is 2. The van der Waals surface area contributed by atoms with Gasteiger partial charge in [-0.05, 0) is 18.1 Å². The molecule has 1 aromatic carbocycles. The van der Waals surface area contributed by atoms with Gasteiger partial charge < -0.3 is 15.5 Å². The molecule has 0 fully saturated rings. The van der Waals surface area contributed by atoms with E-state index in [1.165, 1.54) is 0 Å². The van der Waals surface area contributed by atoms with Crippen LogP contribution in [0.2, 0.25) is 0 Å². The number of rotatable bonds is 5. The van der Waals surface area contributed by atoms with Gasteiger partial charge in [0.2, 0.25) is 0 Å². The van der Waals surface area contributed by atoms with Gasteiger partial charge in [-0.2, -0.15) is 0 Å². The Bertz CT molecular complexity index is 274. The Morgan fingerprint density at radius 2 is 2.07 bits per heavy atom. The fraction of sp³-hybridized carbons (Fsp3) is 0.455. The first-order valence-electron chi connectivity index (χ1n) is 4.80. The van der Waals surface area contributed by atoms with Crippen molar-refractivity contribution in [2.75, 3.05) is 6.54 Å². The van der Waals surface area contributed by atoms with Crippen LogP contribution in [0, 0.1) is 0 Å². The van der Waals surface area contributed by atoms with Crippen molar-refractivity contribution < 1.29 is 10.2 Å². The molecule has 0 bridgehead atoms. The van der Waals surface area contributed by atoms with E-state index < -0.39 is 0 Å². The lowest BCUT2D eigenvalue weighted by molar-refractivity contribution is 0.191. The number of aliphatic hydroxyl groups is 2. The first-order chi connectivity index (χ1) is 6.72. The molecule has 3 heteroatoms. The van der Waals surface area contributed by atoms with E-state index >= 15 is 0 Å². The summed E-state index contributed by atoms with van der Waals surface area (Å²) in [7, 11) is 0. The third-order valence-electron chi connectivity index (χ3n) is 1.94. The first kappa shape index (κ1) is 11.2. The molecule has 0 spiro atoms. The Hall–Kier alpha value is -0.900. The van der Waals surface area contributed by atoms with E-state index in [0.29, 0.717) is 6.54 Å². The summed E-state index contributed by atoms with van der Waals surface area (Å²) in [5.41, 5.74) is 2.04. The third-order valence-corrected chi connectivity index (χ3v) is 1.94. The highest BCUT2D eigenvalue weighted by molar-refractivity contribution is 5.22. The van der Waals surface area contributed by atoms with Crippen LogP contribution < -0.4 is 5.32 Å². The van der Waals surface area contributed by atoms with E-state index in [9.17, 15) is 0 Å². The molecule has 0 aliphatic rings. The average Bonchev–Trinajstić information content (AvgIpc) is 2.18. The minimum Gasteiger partial charge on any atom is -0.392 e. The minimum atomic E-state index is -0.323. The molecular formula is C11H17NO2. The molecule has 0 unspecified atom stereocenters. The van der Waals surface area contributed by atoms with Crippen LogP contribution in [0.3, 0.4) is 0 Å². The van der Waals surface area contributed by atoms with Gasteiger partial charge in [0, 0.05) is 13.1 Å². The van der Waals surface area contributed by atoms with Crippen molar-refractivity contribution in [3.05, 3.63) is 35.4 Å². The molecule has 14 heavy (non-hydrogen) atoms. The van der Waals surface area contributed by atoms with Crippen LogP contribution in [-0.2, 0) is 13.2 Å². The maximum Gasteiger partial charge on any atom is 0.0681 e. The zero-order valence-electron chi connectivity index (χ0n) is 8.40. The van der Waals surface area contributed by atoms with E-state index in [-0.39, 0.29) is 12.7 Å². The summed E-state index contributed by atoms with van der Waals surface area (Å²) in [6, 6.07) is 7.76. The largest absolute Gasteiger partial charge is 0.392 e. The van der Waals surface area contributed by atoms with Gasteiger partial charge in [-0.3, -0.25) is 0 Å². The van der Waals surface area contributed by atoms with E-state index in [0.717, 1.165) is 17.7 Å². The fourth-order valence-electron chi connectivity index (χ4n) is 1.26. The molecule has 3 N–H and O–H groups in total. The quantitative estimate of drug-likeness (QED) is 0.646. The van der Waals surface area contributed by atoms with Gasteiger partial charge in [0.05, 0.1) is 12.7 Å². The van der Waals surface area contributed by atoms with Crippen LogP contribution in [-0.4, -0.2) is 22.9 Å². The highest BCUT2D eigenvalue weighted by Gasteiger charge is 1.97. The van der Waals surface area contributed by atoms with Gasteiger partial charge in [0.25, 0.3) is 0 Å². The van der Waals surface area contributed by atoms with Crippen molar-refractivity contribution in [3.63, 3.8) is 0 Å². The minimum absolute atomic E-state index is 0.0737. The Balaban J connectivity index is 2.42. The van der Waals surface area contributed by atoms with Gasteiger partial charge in [0.1, 0.15) is 0 Å². The second kappa shape index (κ2) is 5.75. The van der Waals surface area contributed by atoms with E-state index in [4.69, 9.17) is 10.2 Å². The van der Waals surface area contributed by atoms with Crippen LogP contribution in [0.1, 0.15) is 18.1 Å². The van der Waals surface area contributed by atoms with E-state index in [1.54, 1.807) is 6.92 Å². The molecular weight excluding hydrogens is 178 g/mol. The van der Waals surface area contributed by atoms with Gasteiger partial charge in [-0.25, -0.2) is 0 Å². The van der Waals surface area contributed by atoms with Crippen LogP contribution in [0.25, 0.3) is 0 Å². The summed E-state index contributed by atoms with van der Waals surface area (Å²) >= 11 is 0. The zero-order chi connectivity index (χ0) is 10.4. The van der Waals surface area contributed by atoms with Crippen molar-refractivity contribution in [2.24, 2.45) is 0 Å². The molecule has 0 heterocycles. The molecule has 0 radical (unpaired) electrons. The number of hydrogen-bond acceptors (Lipinski definition) is 3. The lowest BCUT2D eigenvalue weighted by Gasteiger charge is -2.07. The molecule has 3 nitrogen and oxygen atoms in total. The Morgan fingerprint density at radius 1 is 1.36 bits per heavy atom. The summed E-state index contributed by atoms with van der Waals surface area (Å²) in [5.74, 6) is 0. The molecule has 0 aliphatic heterocycles. The van der Waals surface area contributed by atoms with Crippen molar-refractivity contribution >= 4 is 0 Å². The molecule has 1 atom stereocenters. The first-order valence-corrected chi connectivity index (χ1v) is 4.80. The van der Waals surface area contributed by atoms with Crippen molar-refractivity contribution in [1.82, 2.24) is 5.32 Å². The second-order valence-electron chi connectivity index (χ2n) is 3.46. The summed E-state index contributed by atoms with van der Waals surface area (Å²) < 4.78 is 0. The van der Waals surface area contributed by atoms with Crippen molar-refractivity contribution in [2.45, 2.75) is 26.2 Å². The van der Waals surface area contributed by atoms with E-state index in [1.807, 2.05) is 24.3 Å². The Morgan fingerprint density at radius 3 is 2.71 bits per heavy atom. The van der Waals surface area contributed by atoms with Crippen molar-refractivity contribution in [1.29, 1.82) is 0 Å². The van der Waals surface area contributed by atoms with Gasteiger partial charge in [0.15, 0.2) is 0 Å². The summed E-state index contributed by atoms with van der Waals surface area (Å²) in [6.45, 7) is 3.13. The maximum atomic E-state index is 9.03. The predicted octanol–water partition coefficient (Wildman–Crippen LogP) is 0.649. The molecule has 0 saturated heterocycles. The summed E-state index contributed by atoms with van der Waals surface area (Å²) in [5, 5.41) is 21.1. The molecule has 0 amide bonds. The van der Waals surface area contributed by atoms with Gasteiger partial charge in [-0.1, -0.05) is 24.3 Å². The smallest absolute Gasteiger partial charge is 0.0681 e. The molecule has 0 aliphatic carbocycles. The van der Waals surface area contributed by atoms with Crippen LogP contribution in [0.15, 0.2) is 24.3 Å². The number of hydrogen-bond donors (Lipinski definition) is 3. The van der Waals surface area contributed by atoms with Crippen molar-refractivity contribution in [3.8, 4) is 0 Å². The Labute approximate surface area is 84.4 Å². The number of benzene rings is 1. The average molecular weight is 195 g/mol. The van der Waals surface area contributed by atoms with E-state index in [2.05, 4.69) is 5.32 Å². The summed E-state index contributed by atoms with van der Waals surface area (Å²) in [4.78, 5) is 0. The third kappa shape index (κ3) is 3.87. The zero-order valence-corrected chi connectivity index (χ0v) is 8.40. The lowest BCUT2D eigenvalue weighted by Crippen LogP contribution is -2.23. The molecule has 78 valence electrons. The molecule has 0 saturated carbocycles. The highest BCUT2D eigenvalue weighted by Crippen LogP contribution is 2.04. The predicted molar refractivity (Wildman–Crippen MR) is 55.8 cm³/mol. The van der Waals surface area contributed by atoms with Gasteiger partial charge in [-0.15, -0.1) is 0 Å². The molecule has 0 aromatic heterocycles. The standard InChI is InChI=1S/C11H17NO2/c1-9(14)6-12-7-10-3-2-4-11(5-10)8-13/h2-5,9,12-14H,6-8H2,1H3/t9-/m1/s1. The number of nitrogens with one attached hydrogen (secondary N) is 1. The maximum absolute atomic E-state index is 9.03. The highest BCUT2D eigenvalue weighted by atomic mass is 16.3. The van der Waals surface area contributed by atoms with Gasteiger partial charge >= 0.3 is 0 Å². The summed E-state index contributed by atoms with van der Waals surface area (Å²) in [6.07, 6.45) is -0.323. The SMILES string of the molecule is C[C@@H](O)CNCc1cccc(CO)c1. The van der Waals surface area contributed by atoms with Crippen LogP contribution >= 0.6 is 0 Å². The van der Waals surface area contributed by atoms with Crippen LogP contribution in [0.4, 0.5) is 0 Å². The Kier molecular flexibility index (Phi) is 4.59.